The summed E-state index contributed by atoms with van der Waals surface area (Å²) in [6.07, 6.45) is 8.25. The average molecular weight is 474 g/mol. The van der Waals surface area contributed by atoms with Crippen molar-refractivity contribution in [2.75, 3.05) is 18.4 Å². The highest BCUT2D eigenvalue weighted by Crippen LogP contribution is 2.62. The first-order valence-corrected chi connectivity index (χ1v) is 13.8. The fourth-order valence-electron chi connectivity index (χ4n) is 7.45. The van der Waals surface area contributed by atoms with Crippen LogP contribution in [0.4, 0.5) is 5.69 Å². The summed E-state index contributed by atoms with van der Waals surface area (Å²) in [5, 5.41) is 6.32. The molecule has 5 fully saturated rings. The number of carbonyl (C=O) groups excluding carboxylic acids is 2. The minimum Gasteiger partial charge on any atom is -0.351 e. The minimum atomic E-state index is -3.57. The first-order chi connectivity index (χ1) is 15.6. The smallest absolute Gasteiger partial charge is 0.243 e. The molecule has 2 amide bonds. The van der Waals surface area contributed by atoms with Crippen LogP contribution < -0.4 is 10.6 Å². The number of carbonyl (C=O) groups is 2. The molecule has 2 N–H and O–H groups in total. The molecule has 8 heteroatoms. The van der Waals surface area contributed by atoms with Gasteiger partial charge in [-0.25, -0.2) is 8.42 Å². The molecule has 4 bridgehead atoms. The summed E-state index contributed by atoms with van der Waals surface area (Å²) in [5.74, 6) is 0.854. The van der Waals surface area contributed by atoms with Gasteiger partial charge in [-0.2, -0.15) is 4.31 Å². The van der Waals surface area contributed by atoms with Crippen LogP contribution in [0.3, 0.4) is 0 Å². The van der Waals surface area contributed by atoms with Crippen LogP contribution in [0.1, 0.15) is 70.3 Å². The highest BCUT2D eigenvalue weighted by molar-refractivity contribution is 7.89. The molecule has 5 aliphatic rings. The summed E-state index contributed by atoms with van der Waals surface area (Å²) in [6.45, 7) is 4.55. The normalized spacial score (nSPS) is 33.6. The predicted molar refractivity (Wildman–Crippen MR) is 126 cm³/mol. The highest BCUT2D eigenvalue weighted by Gasteiger charge is 2.60. The maximum absolute atomic E-state index is 13.7. The van der Waals surface area contributed by atoms with Crippen molar-refractivity contribution < 1.29 is 18.0 Å². The van der Waals surface area contributed by atoms with Gasteiger partial charge in [-0.1, -0.05) is 12.5 Å². The Morgan fingerprint density at radius 2 is 1.70 bits per heavy atom. The van der Waals surface area contributed by atoms with Gasteiger partial charge in [0.15, 0.2) is 0 Å². The van der Waals surface area contributed by atoms with E-state index in [9.17, 15) is 18.0 Å². The summed E-state index contributed by atoms with van der Waals surface area (Å²) in [7, 11) is -3.57. The van der Waals surface area contributed by atoms with Gasteiger partial charge < -0.3 is 10.6 Å². The van der Waals surface area contributed by atoms with Crippen LogP contribution in [0.5, 0.6) is 0 Å². The summed E-state index contributed by atoms with van der Waals surface area (Å²) in [4.78, 5) is 25.9. The molecule has 4 aliphatic carbocycles. The van der Waals surface area contributed by atoms with Gasteiger partial charge in [0, 0.05) is 31.2 Å². The number of rotatable bonds is 5. The van der Waals surface area contributed by atoms with E-state index in [1.54, 1.807) is 29.4 Å². The number of hydrogen-bond donors (Lipinski definition) is 2. The molecule has 6 rings (SSSR count). The van der Waals surface area contributed by atoms with Crippen molar-refractivity contribution in [2.45, 2.75) is 82.1 Å². The van der Waals surface area contributed by atoms with E-state index >= 15 is 0 Å². The maximum atomic E-state index is 13.7. The molecule has 1 aromatic carbocycles. The van der Waals surface area contributed by atoms with Crippen molar-refractivity contribution in [3.8, 4) is 0 Å². The Balaban J connectivity index is 1.40. The third kappa shape index (κ3) is 4.09. The van der Waals surface area contributed by atoms with Gasteiger partial charge in [-0.3, -0.25) is 9.59 Å². The van der Waals surface area contributed by atoms with Gasteiger partial charge >= 0.3 is 0 Å². The maximum Gasteiger partial charge on any atom is 0.243 e. The van der Waals surface area contributed by atoms with Crippen molar-refractivity contribution in [1.82, 2.24) is 9.62 Å². The van der Waals surface area contributed by atoms with Gasteiger partial charge in [-0.05, 0) is 87.8 Å². The highest BCUT2D eigenvalue weighted by atomic mass is 32.2. The number of benzene rings is 1. The molecule has 4 saturated carbocycles. The van der Waals surface area contributed by atoms with E-state index in [1.165, 1.54) is 0 Å². The zero-order valence-electron chi connectivity index (χ0n) is 19.7. The van der Waals surface area contributed by atoms with Crippen LogP contribution in [-0.4, -0.2) is 43.2 Å². The number of hydrogen-bond acceptors (Lipinski definition) is 4. The number of sulfonamides is 1. The molecular weight excluding hydrogens is 438 g/mol. The fourth-order valence-corrected chi connectivity index (χ4v) is 9.00. The lowest BCUT2D eigenvalue weighted by molar-refractivity contribution is -0.148. The van der Waals surface area contributed by atoms with Gasteiger partial charge in [0.2, 0.25) is 21.8 Å². The Morgan fingerprint density at radius 1 is 1.03 bits per heavy atom. The zero-order valence-corrected chi connectivity index (χ0v) is 20.5. The number of aryl methyl sites for hydroxylation is 1. The van der Waals surface area contributed by atoms with Crippen molar-refractivity contribution in [2.24, 2.45) is 17.3 Å². The molecule has 180 valence electrons. The SMILES string of the molecule is CC(=O)NC12CC3CC(C1)CC(C(=O)Nc1cc(S(=O)(=O)N4CCCCC4)ccc1C)(C3)C2. The average Bonchev–Trinajstić information content (AvgIpc) is 2.74. The Morgan fingerprint density at radius 3 is 2.33 bits per heavy atom. The standard InChI is InChI=1S/C25H35N3O4S/c1-17-6-7-21(33(31,32)28-8-4-3-5-9-28)11-22(17)26-23(30)24-12-19-10-20(13-24)15-25(14-19,16-24)27-18(2)29/h6-7,11,19-20H,3-5,8-10,12-16H2,1-2H3,(H,26,30)(H,27,29). The number of nitrogens with zero attached hydrogens (tertiary/aromatic N) is 1. The van der Waals surface area contributed by atoms with E-state index in [2.05, 4.69) is 10.6 Å². The number of piperidine rings is 1. The van der Waals surface area contributed by atoms with Gasteiger partial charge in [-0.15, -0.1) is 0 Å². The second-order valence-corrected chi connectivity index (χ2v) is 13.0. The zero-order chi connectivity index (χ0) is 23.4. The van der Waals surface area contributed by atoms with Crippen molar-refractivity contribution in [1.29, 1.82) is 0 Å². The first-order valence-electron chi connectivity index (χ1n) is 12.3. The molecule has 1 heterocycles. The molecule has 0 aromatic heterocycles. The molecular formula is C25H35N3O4S. The summed E-state index contributed by atoms with van der Waals surface area (Å²) in [6, 6.07) is 5.05. The second-order valence-electron chi connectivity index (χ2n) is 11.1. The summed E-state index contributed by atoms with van der Waals surface area (Å²) < 4.78 is 27.9. The van der Waals surface area contributed by atoms with Gasteiger partial charge in [0.05, 0.1) is 10.3 Å². The molecule has 1 aliphatic heterocycles. The van der Waals surface area contributed by atoms with E-state index in [4.69, 9.17) is 0 Å². The van der Waals surface area contributed by atoms with Crippen LogP contribution in [0.25, 0.3) is 0 Å². The van der Waals surface area contributed by atoms with Crippen LogP contribution in [0, 0.1) is 24.2 Å². The summed E-state index contributed by atoms with van der Waals surface area (Å²) in [5.41, 5.74) is 0.646. The van der Waals surface area contributed by atoms with Gasteiger partial charge in [0.1, 0.15) is 0 Å². The summed E-state index contributed by atoms with van der Waals surface area (Å²) >= 11 is 0. The quantitative estimate of drug-likeness (QED) is 0.683. The minimum absolute atomic E-state index is 0.0260. The lowest BCUT2D eigenvalue weighted by Crippen LogP contribution is -2.65. The van der Waals surface area contributed by atoms with Gasteiger partial charge in [0.25, 0.3) is 0 Å². The van der Waals surface area contributed by atoms with Crippen LogP contribution in [-0.2, 0) is 19.6 Å². The third-order valence-electron chi connectivity index (χ3n) is 8.39. The van der Waals surface area contributed by atoms with E-state index in [-0.39, 0.29) is 22.2 Å². The molecule has 7 nitrogen and oxygen atoms in total. The third-order valence-corrected chi connectivity index (χ3v) is 10.3. The molecule has 0 spiro atoms. The first kappa shape index (κ1) is 22.8. The Bertz CT molecular complexity index is 1060. The molecule has 2 unspecified atom stereocenters. The lowest BCUT2D eigenvalue weighted by atomic mass is 9.46. The lowest BCUT2D eigenvalue weighted by Gasteiger charge is -2.61. The largest absolute Gasteiger partial charge is 0.351 e. The topological polar surface area (TPSA) is 95.6 Å². The second kappa shape index (κ2) is 8.08. The Hall–Kier alpha value is -1.93. The Labute approximate surface area is 196 Å². The molecule has 33 heavy (non-hydrogen) atoms. The number of anilines is 1. The van der Waals surface area contributed by atoms with E-state index in [0.717, 1.165) is 56.9 Å². The van der Waals surface area contributed by atoms with E-state index in [1.807, 2.05) is 6.92 Å². The van der Waals surface area contributed by atoms with E-state index < -0.39 is 15.4 Å². The van der Waals surface area contributed by atoms with E-state index in [0.29, 0.717) is 37.0 Å². The molecule has 1 saturated heterocycles. The fraction of sp³-hybridized carbons (Fsp3) is 0.680. The molecule has 1 aromatic rings. The molecule has 2 atom stereocenters. The predicted octanol–water partition coefficient (Wildman–Crippen LogP) is 3.58. The number of nitrogens with one attached hydrogen (secondary N) is 2. The molecule has 0 radical (unpaired) electrons. The van der Waals surface area contributed by atoms with Crippen LogP contribution in [0.2, 0.25) is 0 Å². The number of amides is 2. The van der Waals surface area contributed by atoms with Crippen molar-refractivity contribution in [3.63, 3.8) is 0 Å². The van der Waals surface area contributed by atoms with Crippen LogP contribution in [0.15, 0.2) is 23.1 Å². The monoisotopic (exact) mass is 473 g/mol. The Kier molecular flexibility index (Phi) is 5.59. The van der Waals surface area contributed by atoms with Crippen LogP contribution >= 0.6 is 0 Å². The van der Waals surface area contributed by atoms with Crippen molar-refractivity contribution >= 4 is 27.5 Å². The van der Waals surface area contributed by atoms with Crippen molar-refractivity contribution in [3.05, 3.63) is 23.8 Å².